The molecule has 0 saturated carbocycles. The van der Waals surface area contributed by atoms with Gasteiger partial charge in [0, 0.05) is 4.83 Å². The molecule has 4 rings (SSSR count). The number of hydrogen-bond donors (Lipinski definition) is 0. The van der Waals surface area contributed by atoms with Crippen molar-refractivity contribution in [3.05, 3.63) is 94.6 Å². The van der Waals surface area contributed by atoms with Crippen LogP contribution in [0.5, 0.6) is 0 Å². The summed E-state index contributed by atoms with van der Waals surface area (Å²) in [5, 5.41) is 0. The van der Waals surface area contributed by atoms with Gasteiger partial charge in [0.25, 0.3) is 0 Å². The summed E-state index contributed by atoms with van der Waals surface area (Å²) in [7, 11) is 0. The molecule has 3 aliphatic rings. The molecular formula is C19H15BrCl2Zr. The van der Waals surface area contributed by atoms with Crippen LogP contribution in [0.2, 0.25) is 0 Å². The summed E-state index contributed by atoms with van der Waals surface area (Å²) in [6.07, 6.45) is 17.9. The second-order valence-corrected chi connectivity index (χ2v) is 5.90. The summed E-state index contributed by atoms with van der Waals surface area (Å²) >= 11 is 3.76. The normalized spacial score (nSPS) is 18.5. The first-order valence-electron chi connectivity index (χ1n) is 6.74. The molecule has 0 aromatic heterocycles. The van der Waals surface area contributed by atoms with Crippen molar-refractivity contribution in [2.75, 3.05) is 0 Å². The Balaban J connectivity index is 0.000000529. The Morgan fingerprint density at radius 3 is 2.48 bits per heavy atom. The minimum atomic E-state index is 0. The average molecular weight is 485 g/mol. The quantitative estimate of drug-likeness (QED) is 0.341. The van der Waals surface area contributed by atoms with Crippen LogP contribution in [0.25, 0.3) is 0 Å². The molecule has 0 heterocycles. The second-order valence-electron chi connectivity index (χ2n) is 4.98. The molecule has 0 amide bonds. The van der Waals surface area contributed by atoms with Gasteiger partial charge in [0.05, 0.1) is 0 Å². The van der Waals surface area contributed by atoms with E-state index in [0.29, 0.717) is 4.83 Å². The SMILES string of the molecule is CC1=CC2=[C-]c3ccccc3C(Br)C2=C1.[C-]1=CC=CC1.[Cl-].[Cl-].[Zr+4]. The molecule has 0 saturated heterocycles. The number of halogens is 3. The maximum atomic E-state index is 3.76. The van der Waals surface area contributed by atoms with Crippen LogP contribution in [-0.2, 0) is 26.2 Å². The first-order chi connectivity index (χ1) is 9.75. The third-order valence-electron chi connectivity index (χ3n) is 3.43. The predicted molar refractivity (Wildman–Crippen MR) is 87.4 cm³/mol. The van der Waals surface area contributed by atoms with E-state index in [9.17, 15) is 0 Å². The van der Waals surface area contributed by atoms with Gasteiger partial charge in [0.2, 0.25) is 0 Å². The van der Waals surface area contributed by atoms with Crippen molar-refractivity contribution in [1.82, 2.24) is 0 Å². The number of allylic oxidation sites excluding steroid dienone is 9. The van der Waals surface area contributed by atoms with Gasteiger partial charge in [0.1, 0.15) is 0 Å². The Morgan fingerprint density at radius 2 is 1.87 bits per heavy atom. The van der Waals surface area contributed by atoms with E-state index in [0.717, 1.165) is 6.42 Å². The molecule has 0 N–H and O–H groups in total. The average Bonchev–Trinajstić information content (AvgIpc) is 3.11. The molecule has 23 heavy (non-hydrogen) atoms. The van der Waals surface area contributed by atoms with Crippen molar-refractivity contribution in [2.24, 2.45) is 0 Å². The number of benzene rings is 1. The molecule has 1 unspecified atom stereocenters. The Hall–Kier alpha value is -0.137. The largest absolute Gasteiger partial charge is 4.00 e. The van der Waals surface area contributed by atoms with Gasteiger partial charge in [-0.15, -0.1) is 35.8 Å². The van der Waals surface area contributed by atoms with Crippen LogP contribution in [0.3, 0.4) is 0 Å². The van der Waals surface area contributed by atoms with E-state index < -0.39 is 0 Å². The van der Waals surface area contributed by atoms with Gasteiger partial charge in [-0.1, -0.05) is 56.9 Å². The molecular weight excluding hydrogens is 470 g/mol. The van der Waals surface area contributed by atoms with E-state index in [1.165, 1.54) is 27.8 Å². The van der Waals surface area contributed by atoms with Crippen LogP contribution in [-0.4, -0.2) is 0 Å². The molecule has 0 aliphatic heterocycles. The summed E-state index contributed by atoms with van der Waals surface area (Å²) in [5.41, 5.74) is 6.40. The van der Waals surface area contributed by atoms with E-state index in [1.807, 2.05) is 12.2 Å². The van der Waals surface area contributed by atoms with Crippen molar-refractivity contribution in [3.8, 4) is 0 Å². The zero-order valence-electron chi connectivity index (χ0n) is 12.6. The van der Waals surface area contributed by atoms with Gasteiger partial charge < -0.3 is 24.8 Å². The Labute approximate surface area is 178 Å². The van der Waals surface area contributed by atoms with Crippen LogP contribution in [0, 0.1) is 12.2 Å². The molecule has 1 aromatic rings. The predicted octanol–water partition coefficient (Wildman–Crippen LogP) is -0.589. The van der Waals surface area contributed by atoms with Gasteiger partial charge in [-0.05, 0) is 6.92 Å². The fraction of sp³-hybridized carbons (Fsp3) is 0.158. The fourth-order valence-electron chi connectivity index (χ4n) is 2.48. The molecule has 4 heteroatoms. The summed E-state index contributed by atoms with van der Waals surface area (Å²) in [6, 6.07) is 8.42. The Kier molecular flexibility index (Phi) is 10.6. The molecule has 116 valence electrons. The summed E-state index contributed by atoms with van der Waals surface area (Å²) < 4.78 is 0. The van der Waals surface area contributed by atoms with Crippen molar-refractivity contribution >= 4 is 15.9 Å². The minimum Gasteiger partial charge on any atom is -1.00 e. The molecule has 0 fully saturated rings. The molecule has 3 aliphatic carbocycles. The Morgan fingerprint density at radius 1 is 1.13 bits per heavy atom. The van der Waals surface area contributed by atoms with E-state index in [4.69, 9.17) is 0 Å². The van der Waals surface area contributed by atoms with E-state index >= 15 is 0 Å². The maximum Gasteiger partial charge on any atom is 4.00 e. The van der Waals surface area contributed by atoms with Crippen molar-refractivity contribution in [3.63, 3.8) is 0 Å². The smallest absolute Gasteiger partial charge is 1.00 e. The van der Waals surface area contributed by atoms with Crippen LogP contribution < -0.4 is 24.8 Å². The number of alkyl halides is 1. The van der Waals surface area contributed by atoms with Gasteiger partial charge in [-0.2, -0.15) is 6.08 Å². The molecule has 1 atom stereocenters. The molecule has 0 nitrogen and oxygen atoms in total. The van der Waals surface area contributed by atoms with Gasteiger partial charge >= 0.3 is 26.2 Å². The maximum absolute atomic E-state index is 3.76. The van der Waals surface area contributed by atoms with Crippen LogP contribution in [0.4, 0.5) is 0 Å². The summed E-state index contributed by atoms with van der Waals surface area (Å²) in [6.45, 7) is 2.13. The molecule has 0 radical (unpaired) electrons. The number of hydrogen-bond acceptors (Lipinski definition) is 0. The zero-order chi connectivity index (χ0) is 13.9. The fourth-order valence-corrected chi connectivity index (χ4v) is 3.26. The minimum absolute atomic E-state index is 0. The summed E-state index contributed by atoms with van der Waals surface area (Å²) in [5.74, 6) is 0. The monoisotopic (exact) mass is 482 g/mol. The van der Waals surface area contributed by atoms with E-state index in [1.54, 1.807) is 0 Å². The first-order valence-corrected chi connectivity index (χ1v) is 7.66. The molecule has 0 spiro atoms. The molecule has 0 bridgehead atoms. The third kappa shape index (κ3) is 5.43. The van der Waals surface area contributed by atoms with Crippen LogP contribution in [0.1, 0.15) is 29.3 Å². The Bertz CT molecular complexity index is 674. The van der Waals surface area contributed by atoms with Gasteiger partial charge in [0.15, 0.2) is 0 Å². The van der Waals surface area contributed by atoms with Gasteiger partial charge in [-0.25, -0.2) is 12.2 Å². The standard InChI is InChI=1S/C14H10Br.C5H5.2ClH.Zr/c1-9-6-11-8-10-4-2-3-5-12(10)14(15)13(11)7-9;1-2-4-5-3-1;;;/h2-7,14H,1H3;1-3H,4H2;2*1H;/q2*-1;;;+4/p-2. The van der Waals surface area contributed by atoms with E-state index in [2.05, 4.69) is 77.5 Å². The number of fused-ring (bicyclic) bond motifs is 2. The van der Waals surface area contributed by atoms with Gasteiger partial charge in [-0.3, -0.25) is 6.08 Å². The topological polar surface area (TPSA) is 0 Å². The zero-order valence-corrected chi connectivity index (χ0v) is 18.2. The van der Waals surface area contributed by atoms with E-state index in [-0.39, 0.29) is 51.0 Å². The van der Waals surface area contributed by atoms with Crippen molar-refractivity contribution < 1.29 is 51.0 Å². The van der Waals surface area contributed by atoms with Crippen LogP contribution in [0.15, 0.2) is 71.4 Å². The first kappa shape index (κ1) is 22.9. The second kappa shape index (κ2) is 10.7. The van der Waals surface area contributed by atoms with Crippen molar-refractivity contribution in [1.29, 1.82) is 0 Å². The van der Waals surface area contributed by atoms with Crippen molar-refractivity contribution in [2.45, 2.75) is 18.2 Å². The molecule has 1 aromatic carbocycles. The third-order valence-corrected chi connectivity index (χ3v) is 4.41. The number of rotatable bonds is 0. The summed E-state index contributed by atoms with van der Waals surface area (Å²) in [4.78, 5) is 0.318. The van der Waals surface area contributed by atoms with Crippen LogP contribution >= 0.6 is 15.9 Å².